The predicted octanol–water partition coefficient (Wildman–Crippen LogP) is 3.71. The van der Waals surface area contributed by atoms with Crippen LogP contribution in [0, 0.1) is 13.8 Å². The molecule has 8 nitrogen and oxygen atoms in total. The number of fused-ring (bicyclic) bond motifs is 1. The van der Waals surface area contributed by atoms with Gasteiger partial charge < -0.3 is 10.1 Å². The third-order valence-electron chi connectivity index (χ3n) is 5.57. The van der Waals surface area contributed by atoms with Gasteiger partial charge in [-0.3, -0.25) is 4.57 Å². The molecule has 1 aliphatic rings. The van der Waals surface area contributed by atoms with Crippen molar-refractivity contribution < 1.29 is 13.2 Å². The molecular weight excluding hydrogens is 414 g/mol. The van der Waals surface area contributed by atoms with Gasteiger partial charge in [0, 0.05) is 24.8 Å². The Morgan fingerprint density at radius 2 is 1.97 bits per heavy atom. The van der Waals surface area contributed by atoms with Crippen LogP contribution in [0.25, 0.3) is 0 Å². The van der Waals surface area contributed by atoms with Crippen molar-refractivity contribution >= 4 is 15.7 Å². The lowest BCUT2D eigenvalue weighted by Crippen LogP contribution is -2.29. The first-order valence-corrected chi connectivity index (χ1v) is 11.8. The molecule has 2 heterocycles. The van der Waals surface area contributed by atoms with Gasteiger partial charge in [0.15, 0.2) is 5.82 Å². The van der Waals surface area contributed by atoms with Gasteiger partial charge in [-0.1, -0.05) is 17.2 Å². The van der Waals surface area contributed by atoms with Crippen LogP contribution in [0.2, 0.25) is 0 Å². The van der Waals surface area contributed by atoms with Crippen LogP contribution in [-0.2, 0) is 23.0 Å². The van der Waals surface area contributed by atoms with Gasteiger partial charge >= 0.3 is 6.01 Å². The summed E-state index contributed by atoms with van der Waals surface area (Å²) in [7, 11) is -3.71. The number of aromatic nitrogens is 3. The van der Waals surface area contributed by atoms with E-state index in [4.69, 9.17) is 4.74 Å². The van der Waals surface area contributed by atoms with Crippen LogP contribution >= 0.6 is 0 Å². The van der Waals surface area contributed by atoms with E-state index in [1.165, 1.54) is 5.56 Å². The van der Waals surface area contributed by atoms with Crippen LogP contribution in [0.15, 0.2) is 41.3 Å². The van der Waals surface area contributed by atoms with Crippen molar-refractivity contribution in [2.75, 3.05) is 11.9 Å². The largest absolute Gasteiger partial charge is 0.424 e. The number of nitrogens with one attached hydrogen (secondary N) is 2. The van der Waals surface area contributed by atoms with Crippen molar-refractivity contribution in [3.8, 4) is 11.8 Å². The fourth-order valence-electron chi connectivity index (χ4n) is 3.67. The number of benzene rings is 2. The second kappa shape index (κ2) is 8.32. The molecule has 164 valence electrons. The first-order chi connectivity index (χ1) is 14.8. The van der Waals surface area contributed by atoms with Gasteiger partial charge in [0.2, 0.25) is 10.0 Å². The van der Waals surface area contributed by atoms with E-state index >= 15 is 0 Å². The molecule has 1 aromatic heterocycles. The minimum absolute atomic E-state index is 0.229. The Morgan fingerprint density at radius 1 is 1.16 bits per heavy atom. The molecule has 0 spiro atoms. The van der Waals surface area contributed by atoms with Gasteiger partial charge in [0.1, 0.15) is 5.75 Å². The predicted molar refractivity (Wildman–Crippen MR) is 119 cm³/mol. The molecule has 0 bridgehead atoms. The molecule has 2 N–H and O–H groups in total. The zero-order chi connectivity index (χ0) is 22.2. The van der Waals surface area contributed by atoms with Crippen LogP contribution < -0.4 is 14.8 Å². The molecule has 0 fully saturated rings. The second-order valence-electron chi connectivity index (χ2n) is 7.77. The summed E-state index contributed by atoms with van der Waals surface area (Å²) in [6.45, 7) is 8.99. The van der Waals surface area contributed by atoms with Crippen molar-refractivity contribution in [3.05, 3.63) is 58.9 Å². The van der Waals surface area contributed by atoms with Crippen molar-refractivity contribution in [2.45, 2.75) is 51.6 Å². The first kappa shape index (κ1) is 21.3. The highest BCUT2D eigenvalue weighted by molar-refractivity contribution is 7.89. The van der Waals surface area contributed by atoms with Gasteiger partial charge in [0.25, 0.3) is 0 Å². The molecule has 0 saturated carbocycles. The fourth-order valence-corrected chi connectivity index (χ4v) is 4.95. The lowest BCUT2D eigenvalue weighted by Gasteiger charge is -2.16. The summed E-state index contributed by atoms with van der Waals surface area (Å²) in [6.07, 6.45) is 1.00. The summed E-state index contributed by atoms with van der Waals surface area (Å²) in [4.78, 5) is 0.229. The quantitative estimate of drug-likeness (QED) is 0.580. The SMILES string of the molecule is CCn1c(Oc2ccc3c(c2)NCC3)nnc1[C@@H](C)NS(=O)(=O)c1ccc(C)c(C)c1. The summed E-state index contributed by atoms with van der Waals surface area (Å²) >= 11 is 0. The zero-order valence-corrected chi connectivity index (χ0v) is 19.0. The van der Waals surface area contributed by atoms with Crippen LogP contribution in [-0.4, -0.2) is 29.7 Å². The second-order valence-corrected chi connectivity index (χ2v) is 9.49. The van der Waals surface area contributed by atoms with E-state index in [0.29, 0.717) is 24.1 Å². The maximum atomic E-state index is 12.9. The van der Waals surface area contributed by atoms with Gasteiger partial charge in [-0.2, -0.15) is 0 Å². The number of anilines is 1. The van der Waals surface area contributed by atoms with Gasteiger partial charge in [-0.15, -0.1) is 5.10 Å². The third-order valence-corrected chi connectivity index (χ3v) is 7.11. The maximum absolute atomic E-state index is 12.9. The molecule has 4 rings (SSSR count). The molecule has 9 heteroatoms. The topological polar surface area (TPSA) is 98.1 Å². The standard InChI is InChI=1S/C22H27N5O3S/c1-5-27-21(16(4)26-31(28,29)19-9-6-14(2)15(3)12-19)24-25-22(27)30-18-8-7-17-10-11-23-20(17)13-18/h6-9,12-13,16,23,26H,5,10-11H2,1-4H3/t16-/m1/s1. The average molecular weight is 442 g/mol. The molecular formula is C22H27N5O3S. The molecule has 1 atom stereocenters. The van der Waals surface area contributed by atoms with Gasteiger partial charge in [0.05, 0.1) is 10.9 Å². The Hall–Kier alpha value is -2.91. The maximum Gasteiger partial charge on any atom is 0.322 e. The van der Waals surface area contributed by atoms with Gasteiger partial charge in [-0.25, -0.2) is 13.1 Å². The number of hydrogen-bond acceptors (Lipinski definition) is 6. The molecule has 0 radical (unpaired) electrons. The average Bonchev–Trinajstić information content (AvgIpc) is 3.35. The summed E-state index contributed by atoms with van der Waals surface area (Å²) in [6, 6.07) is 10.7. The van der Waals surface area contributed by atoms with E-state index in [0.717, 1.165) is 29.8 Å². The van der Waals surface area contributed by atoms with Crippen LogP contribution in [0.4, 0.5) is 5.69 Å². The summed E-state index contributed by atoms with van der Waals surface area (Å²) < 4.78 is 36.2. The number of nitrogens with zero attached hydrogens (tertiary/aromatic N) is 3. The van der Waals surface area contributed by atoms with E-state index in [-0.39, 0.29) is 4.90 Å². The lowest BCUT2D eigenvalue weighted by atomic mass is 10.1. The highest BCUT2D eigenvalue weighted by Crippen LogP contribution is 2.30. The van der Waals surface area contributed by atoms with E-state index in [1.807, 2.05) is 39.0 Å². The highest BCUT2D eigenvalue weighted by atomic mass is 32.2. The smallest absolute Gasteiger partial charge is 0.322 e. The Kier molecular flexibility index (Phi) is 5.72. The lowest BCUT2D eigenvalue weighted by molar-refractivity contribution is 0.408. The van der Waals surface area contributed by atoms with E-state index in [9.17, 15) is 8.42 Å². The number of aryl methyl sites for hydroxylation is 2. The Bertz CT molecular complexity index is 1220. The summed E-state index contributed by atoms with van der Waals surface area (Å²) in [5.41, 5.74) is 4.29. The van der Waals surface area contributed by atoms with E-state index in [1.54, 1.807) is 29.7 Å². The summed E-state index contributed by atoms with van der Waals surface area (Å²) in [5.74, 6) is 1.15. The zero-order valence-electron chi connectivity index (χ0n) is 18.1. The molecule has 2 aromatic carbocycles. The Morgan fingerprint density at radius 3 is 2.71 bits per heavy atom. The minimum Gasteiger partial charge on any atom is -0.424 e. The molecule has 0 aliphatic carbocycles. The number of rotatable bonds is 7. The molecule has 31 heavy (non-hydrogen) atoms. The van der Waals surface area contributed by atoms with Crippen LogP contribution in [0.3, 0.4) is 0 Å². The number of ether oxygens (including phenoxy) is 1. The Labute approximate surface area is 182 Å². The van der Waals surface area contributed by atoms with Crippen LogP contribution in [0.5, 0.6) is 11.8 Å². The molecule has 0 unspecified atom stereocenters. The van der Waals surface area contributed by atoms with Crippen molar-refractivity contribution in [2.24, 2.45) is 0 Å². The van der Waals surface area contributed by atoms with E-state index in [2.05, 4.69) is 20.2 Å². The Balaban J connectivity index is 1.55. The normalized spacial score (nSPS) is 14.2. The van der Waals surface area contributed by atoms with Gasteiger partial charge in [-0.05, 0) is 69.0 Å². The van der Waals surface area contributed by atoms with Crippen molar-refractivity contribution in [1.29, 1.82) is 0 Å². The van der Waals surface area contributed by atoms with Crippen LogP contribution in [0.1, 0.15) is 42.4 Å². The minimum atomic E-state index is -3.71. The highest BCUT2D eigenvalue weighted by Gasteiger charge is 2.24. The van der Waals surface area contributed by atoms with Crippen molar-refractivity contribution in [1.82, 2.24) is 19.5 Å². The fraction of sp³-hybridized carbons (Fsp3) is 0.364. The summed E-state index contributed by atoms with van der Waals surface area (Å²) in [5, 5.41) is 11.7. The molecule has 0 saturated heterocycles. The first-order valence-electron chi connectivity index (χ1n) is 10.4. The number of hydrogen-bond donors (Lipinski definition) is 2. The number of sulfonamides is 1. The molecule has 0 amide bonds. The van der Waals surface area contributed by atoms with E-state index < -0.39 is 16.1 Å². The van der Waals surface area contributed by atoms with Crippen molar-refractivity contribution in [3.63, 3.8) is 0 Å². The monoisotopic (exact) mass is 441 g/mol. The molecule has 1 aliphatic heterocycles. The molecule has 3 aromatic rings. The third kappa shape index (κ3) is 4.28.